The van der Waals surface area contributed by atoms with Crippen LogP contribution in [0.3, 0.4) is 0 Å². The molecule has 0 heterocycles. The van der Waals surface area contributed by atoms with Gasteiger partial charge in [-0.15, -0.1) is 0 Å². The average molecular weight is 246 g/mol. The molecular weight excluding hydrogens is 216 g/mol. The van der Waals surface area contributed by atoms with Crippen molar-refractivity contribution in [2.45, 2.75) is 85.1 Å². The van der Waals surface area contributed by atoms with Crippen molar-refractivity contribution in [3.8, 4) is 0 Å². The highest BCUT2D eigenvalue weighted by Crippen LogP contribution is 2.43. The lowest BCUT2D eigenvalue weighted by molar-refractivity contribution is 0.0895. The molecule has 0 spiro atoms. The fourth-order valence-electron chi connectivity index (χ4n) is 2.10. The fraction of sp³-hybridized carbons (Fsp3) is 1.00. The second kappa shape index (κ2) is 6.17. The van der Waals surface area contributed by atoms with Gasteiger partial charge in [0, 0.05) is 17.2 Å². The summed E-state index contributed by atoms with van der Waals surface area (Å²) in [5, 5.41) is 0.163. The number of hydrogen-bond acceptors (Lipinski definition) is 2. The van der Waals surface area contributed by atoms with E-state index in [9.17, 15) is 0 Å². The Morgan fingerprint density at radius 3 is 1.62 bits per heavy atom. The highest BCUT2D eigenvalue weighted by Gasteiger charge is 2.48. The zero-order chi connectivity index (χ0) is 13.0. The molecule has 0 N–H and O–H groups in total. The van der Waals surface area contributed by atoms with Crippen molar-refractivity contribution in [3.63, 3.8) is 0 Å². The quantitative estimate of drug-likeness (QED) is 0.616. The first-order chi connectivity index (χ1) is 7.14. The van der Waals surface area contributed by atoms with Crippen LogP contribution in [0.5, 0.6) is 0 Å². The molecule has 0 aromatic heterocycles. The van der Waals surface area contributed by atoms with Crippen LogP contribution < -0.4 is 0 Å². The molecule has 98 valence electrons. The van der Waals surface area contributed by atoms with Gasteiger partial charge in [0.1, 0.15) is 0 Å². The predicted octanol–water partition coefficient (Wildman–Crippen LogP) is 4.49. The van der Waals surface area contributed by atoms with E-state index in [-0.39, 0.29) is 17.2 Å². The van der Waals surface area contributed by atoms with Crippen LogP contribution >= 0.6 is 0 Å². The monoisotopic (exact) mass is 246 g/mol. The zero-order valence-corrected chi connectivity index (χ0v) is 13.4. The summed E-state index contributed by atoms with van der Waals surface area (Å²) in [5.74, 6) is 0. The van der Waals surface area contributed by atoms with Crippen LogP contribution in [-0.4, -0.2) is 20.8 Å². The molecular formula is C13H30O2Si. The molecule has 0 aromatic rings. The highest BCUT2D eigenvalue weighted by atomic mass is 28.4. The molecule has 16 heavy (non-hydrogen) atoms. The molecule has 0 bridgehead atoms. The Morgan fingerprint density at radius 1 is 1.00 bits per heavy atom. The van der Waals surface area contributed by atoms with Crippen LogP contribution in [0.1, 0.15) is 61.3 Å². The molecule has 0 unspecified atom stereocenters. The van der Waals surface area contributed by atoms with Crippen molar-refractivity contribution < 1.29 is 8.85 Å². The first-order valence-electron chi connectivity index (χ1n) is 6.50. The van der Waals surface area contributed by atoms with Gasteiger partial charge in [0.25, 0.3) is 0 Å². The minimum absolute atomic E-state index is 0.163. The highest BCUT2D eigenvalue weighted by molar-refractivity contribution is 6.69. The third kappa shape index (κ3) is 4.56. The minimum Gasteiger partial charge on any atom is -0.392 e. The Balaban J connectivity index is 4.89. The summed E-state index contributed by atoms with van der Waals surface area (Å²) in [6, 6.07) is 0. The molecule has 0 aromatic carbocycles. The van der Waals surface area contributed by atoms with E-state index in [1.54, 1.807) is 0 Å². The maximum Gasteiger partial charge on any atom is 0.341 e. The third-order valence-electron chi connectivity index (χ3n) is 3.03. The summed E-state index contributed by atoms with van der Waals surface area (Å²) in [5.41, 5.74) is 0. The van der Waals surface area contributed by atoms with E-state index in [4.69, 9.17) is 8.85 Å². The van der Waals surface area contributed by atoms with Crippen molar-refractivity contribution in [1.29, 1.82) is 0 Å². The van der Waals surface area contributed by atoms with E-state index in [0.717, 1.165) is 6.42 Å². The lowest BCUT2D eigenvalue weighted by Gasteiger charge is -2.43. The SMILES string of the molecule is CCCC(C)(C)[Si](C)(OC(C)C)OC(C)C. The normalized spacial score (nSPS) is 13.9. The van der Waals surface area contributed by atoms with Crippen molar-refractivity contribution in [3.05, 3.63) is 0 Å². The molecule has 0 aliphatic heterocycles. The Morgan fingerprint density at radius 2 is 1.38 bits per heavy atom. The maximum atomic E-state index is 6.18. The van der Waals surface area contributed by atoms with Crippen LogP contribution in [0.4, 0.5) is 0 Å². The van der Waals surface area contributed by atoms with E-state index >= 15 is 0 Å². The molecule has 3 heteroatoms. The first-order valence-corrected chi connectivity index (χ1v) is 8.82. The van der Waals surface area contributed by atoms with E-state index in [2.05, 4.69) is 55.0 Å². The molecule has 0 saturated carbocycles. The predicted molar refractivity (Wildman–Crippen MR) is 73.0 cm³/mol. The molecule has 0 rings (SSSR count). The Labute approximate surface area is 103 Å². The molecule has 0 saturated heterocycles. The zero-order valence-electron chi connectivity index (χ0n) is 12.4. The average Bonchev–Trinajstić information content (AvgIpc) is 1.99. The molecule has 0 amide bonds. The first kappa shape index (κ1) is 16.1. The lowest BCUT2D eigenvalue weighted by Crippen LogP contribution is -2.51. The van der Waals surface area contributed by atoms with Gasteiger partial charge in [-0.25, -0.2) is 0 Å². The third-order valence-corrected chi connectivity index (χ3v) is 7.58. The van der Waals surface area contributed by atoms with Crippen molar-refractivity contribution in [1.82, 2.24) is 0 Å². The summed E-state index contributed by atoms with van der Waals surface area (Å²) in [6.45, 7) is 17.4. The van der Waals surface area contributed by atoms with E-state index < -0.39 is 8.56 Å². The Kier molecular flexibility index (Phi) is 6.23. The molecule has 0 aliphatic carbocycles. The van der Waals surface area contributed by atoms with Crippen LogP contribution in [0.25, 0.3) is 0 Å². The summed E-state index contributed by atoms with van der Waals surface area (Å²) in [4.78, 5) is 0. The number of rotatable bonds is 7. The summed E-state index contributed by atoms with van der Waals surface area (Å²) < 4.78 is 12.4. The van der Waals surface area contributed by atoms with Gasteiger partial charge in [-0.2, -0.15) is 0 Å². The topological polar surface area (TPSA) is 18.5 Å². The van der Waals surface area contributed by atoms with Crippen molar-refractivity contribution in [2.24, 2.45) is 0 Å². The standard InChI is InChI=1S/C13H30O2Si/c1-9-10-13(6,7)16(8,14-11(2)3)15-12(4)5/h11-12H,9-10H2,1-8H3. The summed E-state index contributed by atoms with van der Waals surface area (Å²) >= 11 is 0. The van der Waals surface area contributed by atoms with Crippen LogP contribution in [0.2, 0.25) is 11.6 Å². The van der Waals surface area contributed by atoms with E-state index in [0.29, 0.717) is 0 Å². The molecule has 0 aliphatic rings. The Bertz CT molecular complexity index is 190. The van der Waals surface area contributed by atoms with Gasteiger partial charge in [0.2, 0.25) is 0 Å². The lowest BCUT2D eigenvalue weighted by atomic mass is 10.1. The van der Waals surface area contributed by atoms with Gasteiger partial charge < -0.3 is 8.85 Å². The van der Waals surface area contributed by atoms with Gasteiger partial charge in [-0.05, 0) is 40.7 Å². The minimum atomic E-state index is -2.12. The van der Waals surface area contributed by atoms with Gasteiger partial charge in [0.15, 0.2) is 0 Å². The van der Waals surface area contributed by atoms with Gasteiger partial charge >= 0.3 is 8.56 Å². The van der Waals surface area contributed by atoms with E-state index in [1.807, 2.05) is 0 Å². The molecule has 0 fully saturated rings. The Hall–Kier alpha value is 0.137. The van der Waals surface area contributed by atoms with Crippen molar-refractivity contribution >= 4 is 8.56 Å². The van der Waals surface area contributed by atoms with Crippen molar-refractivity contribution in [2.75, 3.05) is 0 Å². The molecule has 0 radical (unpaired) electrons. The second-order valence-corrected chi connectivity index (χ2v) is 9.63. The largest absolute Gasteiger partial charge is 0.392 e. The maximum absolute atomic E-state index is 6.18. The smallest absolute Gasteiger partial charge is 0.341 e. The van der Waals surface area contributed by atoms with Gasteiger partial charge in [-0.1, -0.05) is 27.2 Å². The summed E-state index contributed by atoms with van der Waals surface area (Å²) in [6.07, 6.45) is 2.83. The molecule has 0 atom stereocenters. The molecule has 2 nitrogen and oxygen atoms in total. The van der Waals surface area contributed by atoms with Gasteiger partial charge in [-0.3, -0.25) is 0 Å². The van der Waals surface area contributed by atoms with Gasteiger partial charge in [0.05, 0.1) is 0 Å². The van der Waals surface area contributed by atoms with Crippen LogP contribution in [-0.2, 0) is 8.85 Å². The second-order valence-electron chi connectivity index (χ2n) is 5.91. The van der Waals surface area contributed by atoms with Crippen LogP contribution in [0, 0.1) is 0 Å². The fourth-order valence-corrected chi connectivity index (χ4v) is 5.30. The van der Waals surface area contributed by atoms with Crippen LogP contribution in [0.15, 0.2) is 0 Å². The van der Waals surface area contributed by atoms with E-state index in [1.165, 1.54) is 6.42 Å². The number of hydrogen-bond donors (Lipinski definition) is 0. The summed E-state index contributed by atoms with van der Waals surface area (Å²) in [7, 11) is -2.12.